The number of aromatic nitrogens is 2. The molecule has 1 fully saturated rings. The zero-order chi connectivity index (χ0) is 10.5. The van der Waals surface area contributed by atoms with Crippen LogP contribution in [0.4, 0.5) is 5.95 Å². The van der Waals surface area contributed by atoms with Crippen LogP contribution in [0.5, 0.6) is 0 Å². The molecule has 0 unspecified atom stereocenters. The molecule has 0 saturated heterocycles. The van der Waals surface area contributed by atoms with Crippen molar-refractivity contribution in [2.24, 2.45) is 5.92 Å². The summed E-state index contributed by atoms with van der Waals surface area (Å²) in [7, 11) is 0. The molecule has 1 amide bonds. The summed E-state index contributed by atoms with van der Waals surface area (Å²) in [6.07, 6.45) is 10.2. The highest BCUT2D eigenvalue weighted by Crippen LogP contribution is 2.28. The Labute approximate surface area is 89.5 Å². The van der Waals surface area contributed by atoms with Crippen LogP contribution in [0.25, 0.3) is 0 Å². The van der Waals surface area contributed by atoms with Crippen molar-refractivity contribution in [2.75, 3.05) is 5.32 Å². The van der Waals surface area contributed by atoms with E-state index >= 15 is 0 Å². The smallest absolute Gasteiger partial charge is 0.226 e. The van der Waals surface area contributed by atoms with E-state index in [-0.39, 0.29) is 5.91 Å². The molecule has 0 atom stereocenters. The fourth-order valence-electron chi connectivity index (χ4n) is 2.16. The van der Waals surface area contributed by atoms with Crippen LogP contribution < -0.4 is 5.32 Å². The van der Waals surface area contributed by atoms with Crippen LogP contribution in [-0.4, -0.2) is 15.9 Å². The van der Waals surface area contributed by atoms with Crippen molar-refractivity contribution in [3.05, 3.63) is 12.4 Å². The van der Waals surface area contributed by atoms with Gasteiger partial charge in [0.2, 0.25) is 11.9 Å². The van der Waals surface area contributed by atoms with Crippen LogP contribution in [0.2, 0.25) is 0 Å². The minimum atomic E-state index is 0.0665. The number of H-pyrrole nitrogens is 1. The quantitative estimate of drug-likeness (QED) is 0.796. The molecule has 1 aromatic rings. The second kappa shape index (κ2) is 4.96. The largest absolute Gasteiger partial charge is 0.331 e. The Morgan fingerprint density at radius 1 is 1.53 bits per heavy atom. The molecule has 0 aromatic carbocycles. The van der Waals surface area contributed by atoms with Gasteiger partial charge in [0.1, 0.15) is 0 Å². The monoisotopic (exact) mass is 207 g/mol. The summed E-state index contributed by atoms with van der Waals surface area (Å²) in [6, 6.07) is 0. The molecule has 4 heteroatoms. The number of nitrogens with one attached hydrogen (secondary N) is 2. The minimum absolute atomic E-state index is 0.0665. The Hall–Kier alpha value is -1.32. The van der Waals surface area contributed by atoms with E-state index in [1.54, 1.807) is 12.4 Å². The topological polar surface area (TPSA) is 57.8 Å². The Balaban J connectivity index is 1.68. The Morgan fingerprint density at radius 2 is 2.33 bits per heavy atom. The maximum absolute atomic E-state index is 11.5. The van der Waals surface area contributed by atoms with E-state index in [0.717, 1.165) is 12.3 Å². The van der Waals surface area contributed by atoms with Crippen LogP contribution in [0.3, 0.4) is 0 Å². The number of aromatic amines is 1. The number of rotatable bonds is 4. The number of nitrogens with zero attached hydrogens (tertiary/aromatic N) is 1. The van der Waals surface area contributed by atoms with E-state index in [9.17, 15) is 4.79 Å². The molecule has 1 saturated carbocycles. The number of hydrogen-bond acceptors (Lipinski definition) is 2. The number of imidazole rings is 1. The van der Waals surface area contributed by atoms with E-state index in [4.69, 9.17) is 0 Å². The van der Waals surface area contributed by atoms with Gasteiger partial charge in [-0.3, -0.25) is 10.1 Å². The third kappa shape index (κ3) is 3.08. The van der Waals surface area contributed by atoms with Crippen LogP contribution in [0.1, 0.15) is 38.5 Å². The first-order chi connectivity index (χ1) is 7.34. The van der Waals surface area contributed by atoms with E-state index in [1.807, 2.05) is 0 Å². The lowest BCUT2D eigenvalue weighted by Gasteiger charge is -2.07. The lowest BCUT2D eigenvalue weighted by atomic mass is 10.0. The average molecular weight is 207 g/mol. The van der Waals surface area contributed by atoms with Gasteiger partial charge in [-0.05, 0) is 12.3 Å². The third-order valence-electron chi connectivity index (χ3n) is 3.01. The van der Waals surface area contributed by atoms with Crippen molar-refractivity contribution in [1.29, 1.82) is 0 Å². The third-order valence-corrected chi connectivity index (χ3v) is 3.01. The number of hydrogen-bond donors (Lipinski definition) is 2. The van der Waals surface area contributed by atoms with E-state index in [1.165, 1.54) is 25.7 Å². The van der Waals surface area contributed by atoms with Gasteiger partial charge >= 0.3 is 0 Å². The highest BCUT2D eigenvalue weighted by Gasteiger charge is 2.16. The zero-order valence-corrected chi connectivity index (χ0v) is 8.83. The summed E-state index contributed by atoms with van der Waals surface area (Å²) in [6.45, 7) is 0. The predicted octanol–water partition coefficient (Wildman–Crippen LogP) is 2.32. The molecule has 1 heterocycles. The molecular weight excluding hydrogens is 190 g/mol. The summed E-state index contributed by atoms with van der Waals surface area (Å²) in [5.74, 6) is 1.38. The first kappa shape index (κ1) is 10.2. The average Bonchev–Trinajstić information content (AvgIpc) is 2.86. The molecule has 15 heavy (non-hydrogen) atoms. The highest BCUT2D eigenvalue weighted by molar-refractivity contribution is 5.88. The molecule has 0 aliphatic heterocycles. The van der Waals surface area contributed by atoms with Crippen LogP contribution in [0.15, 0.2) is 12.4 Å². The van der Waals surface area contributed by atoms with Crippen LogP contribution in [0, 0.1) is 5.92 Å². The van der Waals surface area contributed by atoms with Gasteiger partial charge < -0.3 is 4.98 Å². The van der Waals surface area contributed by atoms with E-state index in [0.29, 0.717) is 12.4 Å². The van der Waals surface area contributed by atoms with Crippen molar-refractivity contribution in [1.82, 2.24) is 9.97 Å². The van der Waals surface area contributed by atoms with Gasteiger partial charge in [-0.1, -0.05) is 25.7 Å². The number of amides is 1. The Bertz CT molecular complexity index is 302. The summed E-state index contributed by atoms with van der Waals surface area (Å²) < 4.78 is 0. The lowest BCUT2D eigenvalue weighted by molar-refractivity contribution is -0.116. The van der Waals surface area contributed by atoms with Crippen molar-refractivity contribution in [3.63, 3.8) is 0 Å². The second-order valence-electron chi connectivity index (χ2n) is 4.18. The molecule has 0 radical (unpaired) electrons. The molecule has 82 valence electrons. The molecule has 4 nitrogen and oxygen atoms in total. The van der Waals surface area contributed by atoms with Crippen molar-refractivity contribution in [3.8, 4) is 0 Å². The van der Waals surface area contributed by atoms with Crippen LogP contribution in [-0.2, 0) is 4.79 Å². The number of anilines is 1. The molecular formula is C11H17N3O. The molecule has 1 aromatic heterocycles. The number of carbonyl (C=O) groups is 1. The van der Waals surface area contributed by atoms with E-state index < -0.39 is 0 Å². The van der Waals surface area contributed by atoms with Gasteiger partial charge in [-0.25, -0.2) is 4.98 Å². The predicted molar refractivity (Wildman–Crippen MR) is 58.4 cm³/mol. The molecule has 0 spiro atoms. The SMILES string of the molecule is O=C(CCC1CCCC1)Nc1ncc[nH]1. The van der Waals surface area contributed by atoms with E-state index in [2.05, 4.69) is 15.3 Å². The molecule has 2 rings (SSSR count). The van der Waals surface area contributed by atoms with Gasteiger partial charge in [0.15, 0.2) is 0 Å². The maximum Gasteiger partial charge on any atom is 0.226 e. The fraction of sp³-hybridized carbons (Fsp3) is 0.636. The lowest BCUT2D eigenvalue weighted by Crippen LogP contribution is -2.13. The van der Waals surface area contributed by atoms with Gasteiger partial charge in [0, 0.05) is 18.8 Å². The second-order valence-corrected chi connectivity index (χ2v) is 4.18. The Morgan fingerprint density at radius 3 is 3.00 bits per heavy atom. The fourth-order valence-corrected chi connectivity index (χ4v) is 2.16. The Kier molecular flexibility index (Phi) is 3.37. The van der Waals surface area contributed by atoms with Gasteiger partial charge in [-0.15, -0.1) is 0 Å². The molecule has 0 bridgehead atoms. The van der Waals surface area contributed by atoms with Crippen molar-refractivity contribution >= 4 is 11.9 Å². The van der Waals surface area contributed by atoms with Crippen molar-refractivity contribution < 1.29 is 4.79 Å². The molecule has 1 aliphatic rings. The van der Waals surface area contributed by atoms with Gasteiger partial charge in [0.05, 0.1) is 0 Å². The maximum atomic E-state index is 11.5. The van der Waals surface area contributed by atoms with Crippen molar-refractivity contribution in [2.45, 2.75) is 38.5 Å². The standard InChI is InChI=1S/C11H17N3O/c15-10(14-11-12-7-8-13-11)6-5-9-3-1-2-4-9/h7-9H,1-6H2,(H2,12,13,14,15). The molecule has 1 aliphatic carbocycles. The minimum Gasteiger partial charge on any atom is -0.331 e. The summed E-state index contributed by atoms with van der Waals surface area (Å²) in [4.78, 5) is 18.3. The normalized spacial score (nSPS) is 16.8. The zero-order valence-electron chi connectivity index (χ0n) is 8.83. The summed E-state index contributed by atoms with van der Waals surface area (Å²) in [5.41, 5.74) is 0. The molecule has 2 N–H and O–H groups in total. The summed E-state index contributed by atoms with van der Waals surface area (Å²) >= 11 is 0. The van der Waals surface area contributed by atoms with Crippen LogP contribution >= 0.6 is 0 Å². The highest BCUT2D eigenvalue weighted by atomic mass is 16.1. The number of carbonyl (C=O) groups excluding carboxylic acids is 1. The summed E-state index contributed by atoms with van der Waals surface area (Å²) in [5, 5.41) is 2.74. The first-order valence-electron chi connectivity index (χ1n) is 5.64. The van der Waals surface area contributed by atoms with Gasteiger partial charge in [0.25, 0.3) is 0 Å². The first-order valence-corrected chi connectivity index (χ1v) is 5.64. The van der Waals surface area contributed by atoms with Gasteiger partial charge in [-0.2, -0.15) is 0 Å².